The molecule has 0 saturated heterocycles. The van der Waals surface area contributed by atoms with E-state index in [-0.39, 0.29) is 29.5 Å². The van der Waals surface area contributed by atoms with E-state index in [0.717, 1.165) is 18.2 Å². The second-order valence-corrected chi connectivity index (χ2v) is 4.09. The van der Waals surface area contributed by atoms with Crippen molar-refractivity contribution in [3.63, 3.8) is 0 Å². The number of nitriles is 1. The van der Waals surface area contributed by atoms with Crippen molar-refractivity contribution >= 4 is 11.6 Å². The van der Waals surface area contributed by atoms with Crippen molar-refractivity contribution in [2.75, 3.05) is 7.05 Å². The third kappa shape index (κ3) is 3.19. The topological polar surface area (TPSA) is 107 Å². The first-order valence-corrected chi connectivity index (χ1v) is 5.50. The Bertz CT molecular complexity index is 550. The summed E-state index contributed by atoms with van der Waals surface area (Å²) in [4.78, 5) is 23.6. The minimum atomic E-state index is -0.685. The first-order chi connectivity index (χ1) is 8.88. The molecule has 7 heteroatoms. The first-order valence-electron chi connectivity index (χ1n) is 5.50. The van der Waals surface area contributed by atoms with E-state index in [9.17, 15) is 20.0 Å². The van der Waals surface area contributed by atoms with Crippen molar-refractivity contribution in [3.8, 4) is 11.8 Å². The third-order valence-electron chi connectivity index (χ3n) is 2.78. The molecule has 1 unspecified atom stereocenters. The third-order valence-corrected chi connectivity index (χ3v) is 2.78. The molecule has 1 amide bonds. The maximum Gasteiger partial charge on any atom is 0.282 e. The Morgan fingerprint density at radius 1 is 1.63 bits per heavy atom. The van der Waals surface area contributed by atoms with E-state index in [2.05, 4.69) is 0 Å². The van der Waals surface area contributed by atoms with E-state index in [1.54, 1.807) is 6.92 Å². The van der Waals surface area contributed by atoms with Crippen LogP contribution >= 0.6 is 0 Å². The van der Waals surface area contributed by atoms with Crippen LogP contribution in [-0.4, -0.2) is 33.9 Å². The molecule has 0 radical (unpaired) electrons. The first kappa shape index (κ1) is 14.4. The lowest BCUT2D eigenvalue weighted by Gasteiger charge is -2.22. The van der Waals surface area contributed by atoms with E-state index < -0.39 is 10.8 Å². The Hall–Kier alpha value is -2.62. The Morgan fingerprint density at radius 2 is 2.26 bits per heavy atom. The number of carbonyl (C=O) groups excluding carboxylic acids is 1. The quantitative estimate of drug-likeness (QED) is 0.656. The molecular formula is C12H13N3O4. The molecule has 1 rings (SSSR count). The van der Waals surface area contributed by atoms with Gasteiger partial charge in [0.05, 0.1) is 17.4 Å². The number of nitrogens with zero attached hydrogens (tertiary/aromatic N) is 3. The van der Waals surface area contributed by atoms with Gasteiger partial charge < -0.3 is 10.0 Å². The zero-order valence-electron chi connectivity index (χ0n) is 10.5. The van der Waals surface area contributed by atoms with Gasteiger partial charge in [0, 0.05) is 19.2 Å². The SMILES string of the molecule is CC(CC#N)N(C)C(=O)c1cc(O)ccc1[N+](=O)[O-]. The summed E-state index contributed by atoms with van der Waals surface area (Å²) in [6.45, 7) is 1.66. The smallest absolute Gasteiger partial charge is 0.282 e. The molecule has 0 aliphatic carbocycles. The Labute approximate surface area is 109 Å². The second kappa shape index (κ2) is 5.82. The van der Waals surface area contributed by atoms with Crippen LogP contribution in [0.2, 0.25) is 0 Å². The number of rotatable bonds is 4. The van der Waals surface area contributed by atoms with E-state index in [4.69, 9.17) is 5.26 Å². The molecule has 1 atom stereocenters. The molecule has 19 heavy (non-hydrogen) atoms. The normalized spacial score (nSPS) is 11.4. The number of hydrogen-bond donors (Lipinski definition) is 1. The predicted molar refractivity (Wildman–Crippen MR) is 66.5 cm³/mol. The standard InChI is InChI=1S/C12H13N3O4/c1-8(5-6-13)14(2)12(17)10-7-9(16)3-4-11(10)15(18)19/h3-4,7-8,16H,5H2,1-2H3. The van der Waals surface area contributed by atoms with Gasteiger partial charge in [0.25, 0.3) is 11.6 Å². The highest BCUT2D eigenvalue weighted by molar-refractivity contribution is 5.98. The van der Waals surface area contributed by atoms with Gasteiger partial charge >= 0.3 is 0 Å². The van der Waals surface area contributed by atoms with Gasteiger partial charge in [0.1, 0.15) is 11.3 Å². The van der Waals surface area contributed by atoms with Gasteiger partial charge in [-0.05, 0) is 19.1 Å². The predicted octanol–water partition coefficient (Wildman–Crippen LogP) is 1.67. The molecule has 0 fully saturated rings. The van der Waals surface area contributed by atoms with E-state index >= 15 is 0 Å². The minimum Gasteiger partial charge on any atom is -0.508 e. The van der Waals surface area contributed by atoms with Crippen LogP contribution in [0.4, 0.5) is 5.69 Å². The van der Waals surface area contributed by atoms with Gasteiger partial charge in [-0.25, -0.2) is 0 Å². The lowest BCUT2D eigenvalue weighted by Crippen LogP contribution is -2.35. The van der Waals surface area contributed by atoms with E-state index in [1.807, 2.05) is 6.07 Å². The van der Waals surface area contributed by atoms with Crippen molar-refractivity contribution in [2.24, 2.45) is 0 Å². The molecule has 1 aromatic carbocycles. The van der Waals surface area contributed by atoms with Gasteiger partial charge in [0.15, 0.2) is 0 Å². The fourth-order valence-electron chi connectivity index (χ4n) is 1.51. The molecular weight excluding hydrogens is 250 g/mol. The fourth-order valence-corrected chi connectivity index (χ4v) is 1.51. The van der Waals surface area contributed by atoms with Crippen molar-refractivity contribution in [1.82, 2.24) is 4.90 Å². The number of phenolic OH excluding ortho intramolecular Hbond substituents is 1. The number of hydrogen-bond acceptors (Lipinski definition) is 5. The number of phenols is 1. The summed E-state index contributed by atoms with van der Waals surface area (Å²) in [7, 11) is 1.46. The maximum absolute atomic E-state index is 12.1. The molecule has 1 N–H and O–H groups in total. The highest BCUT2D eigenvalue weighted by Crippen LogP contribution is 2.25. The largest absolute Gasteiger partial charge is 0.508 e. The molecule has 7 nitrogen and oxygen atoms in total. The fraction of sp³-hybridized carbons (Fsp3) is 0.333. The number of amides is 1. The second-order valence-electron chi connectivity index (χ2n) is 4.09. The Balaban J connectivity index is 3.15. The molecule has 0 saturated carbocycles. The highest BCUT2D eigenvalue weighted by atomic mass is 16.6. The zero-order chi connectivity index (χ0) is 14.6. The average molecular weight is 263 g/mol. The van der Waals surface area contributed by atoms with Crippen molar-refractivity contribution in [1.29, 1.82) is 5.26 Å². The van der Waals surface area contributed by atoms with Gasteiger partial charge in [-0.15, -0.1) is 0 Å². The van der Waals surface area contributed by atoms with Gasteiger partial charge in [0.2, 0.25) is 0 Å². The number of nitro benzene ring substituents is 1. The molecule has 1 aromatic rings. The molecule has 0 bridgehead atoms. The molecule has 0 aliphatic rings. The molecule has 0 aliphatic heterocycles. The van der Waals surface area contributed by atoms with Gasteiger partial charge in [-0.1, -0.05) is 0 Å². The van der Waals surface area contributed by atoms with Gasteiger partial charge in [-0.3, -0.25) is 14.9 Å². The van der Waals surface area contributed by atoms with Crippen LogP contribution in [0.1, 0.15) is 23.7 Å². The summed E-state index contributed by atoms with van der Waals surface area (Å²) < 4.78 is 0. The summed E-state index contributed by atoms with van der Waals surface area (Å²) in [6.07, 6.45) is 0.120. The molecule has 0 heterocycles. The van der Waals surface area contributed by atoms with Crippen molar-refractivity contribution < 1.29 is 14.8 Å². The summed E-state index contributed by atoms with van der Waals surface area (Å²) >= 11 is 0. The average Bonchev–Trinajstić information content (AvgIpc) is 2.36. The summed E-state index contributed by atoms with van der Waals surface area (Å²) in [5, 5.41) is 28.8. The molecule has 0 aromatic heterocycles. The lowest BCUT2D eigenvalue weighted by molar-refractivity contribution is -0.385. The number of nitro groups is 1. The zero-order valence-corrected chi connectivity index (χ0v) is 10.5. The van der Waals surface area contributed by atoms with Crippen LogP contribution in [0.5, 0.6) is 5.75 Å². The van der Waals surface area contributed by atoms with Crippen molar-refractivity contribution in [2.45, 2.75) is 19.4 Å². The van der Waals surface area contributed by atoms with Crippen LogP contribution in [0.3, 0.4) is 0 Å². The van der Waals surface area contributed by atoms with Crippen LogP contribution in [0, 0.1) is 21.4 Å². The summed E-state index contributed by atoms with van der Waals surface area (Å²) in [5.41, 5.74) is -0.573. The van der Waals surface area contributed by atoms with Crippen LogP contribution < -0.4 is 0 Å². The summed E-state index contributed by atoms with van der Waals surface area (Å²) in [6, 6.07) is 4.82. The number of aromatic hydroxyl groups is 1. The van der Waals surface area contributed by atoms with E-state index in [1.165, 1.54) is 11.9 Å². The number of benzene rings is 1. The number of carbonyl (C=O) groups is 1. The highest BCUT2D eigenvalue weighted by Gasteiger charge is 2.25. The Kier molecular flexibility index (Phi) is 4.42. The van der Waals surface area contributed by atoms with Crippen LogP contribution in [-0.2, 0) is 0 Å². The molecule has 100 valence electrons. The lowest BCUT2D eigenvalue weighted by atomic mass is 10.1. The van der Waals surface area contributed by atoms with Crippen LogP contribution in [0.15, 0.2) is 18.2 Å². The monoisotopic (exact) mass is 263 g/mol. The van der Waals surface area contributed by atoms with Gasteiger partial charge in [-0.2, -0.15) is 5.26 Å². The van der Waals surface area contributed by atoms with Crippen molar-refractivity contribution in [3.05, 3.63) is 33.9 Å². The maximum atomic E-state index is 12.1. The van der Waals surface area contributed by atoms with Crippen LogP contribution in [0.25, 0.3) is 0 Å². The molecule has 0 spiro atoms. The van der Waals surface area contributed by atoms with E-state index in [0.29, 0.717) is 0 Å². The Morgan fingerprint density at radius 3 is 2.79 bits per heavy atom. The minimum absolute atomic E-state index is 0.120. The summed E-state index contributed by atoms with van der Waals surface area (Å²) in [5.74, 6) is -0.833.